The van der Waals surface area contributed by atoms with Crippen LogP contribution in [-0.2, 0) is 0 Å². The third kappa shape index (κ3) is 2.45. The molecule has 0 saturated heterocycles. The van der Waals surface area contributed by atoms with Crippen molar-refractivity contribution in [2.45, 2.75) is 12.8 Å². The molecule has 0 aromatic carbocycles. The Hall–Kier alpha value is -1.07. The van der Waals surface area contributed by atoms with Gasteiger partial charge in [-0.2, -0.15) is 0 Å². The Morgan fingerprint density at radius 2 is 2.24 bits per heavy atom. The fraction of sp³-hybridized carbons (Fsp3) is 0.636. The summed E-state index contributed by atoms with van der Waals surface area (Å²) in [5.41, 5.74) is 0.780. The molecule has 1 aromatic heterocycles. The summed E-state index contributed by atoms with van der Waals surface area (Å²) < 4.78 is 0. The van der Waals surface area contributed by atoms with Crippen LogP contribution in [0.25, 0.3) is 0 Å². The molecule has 17 heavy (non-hydrogen) atoms. The lowest BCUT2D eigenvalue weighted by Crippen LogP contribution is -2.30. The standard InChI is InChI=1S/C11H17ClN4O/c1-13-8-9(12)14-7-15-10(8)16(2)5-11(6-17)3-4-11/h7,13,17H,3-6H2,1-2H3. The molecule has 1 aromatic rings. The minimum atomic E-state index is 0.0528. The fourth-order valence-electron chi connectivity index (χ4n) is 1.98. The number of aliphatic hydroxyl groups is 1. The predicted molar refractivity (Wildman–Crippen MR) is 68.6 cm³/mol. The van der Waals surface area contributed by atoms with Crippen LogP contribution in [0, 0.1) is 5.41 Å². The topological polar surface area (TPSA) is 61.3 Å². The molecule has 1 heterocycles. The van der Waals surface area contributed by atoms with Crippen LogP contribution in [0.4, 0.5) is 11.5 Å². The van der Waals surface area contributed by atoms with Crippen molar-refractivity contribution in [3.05, 3.63) is 11.5 Å². The Morgan fingerprint density at radius 3 is 2.76 bits per heavy atom. The summed E-state index contributed by atoms with van der Waals surface area (Å²) in [5.74, 6) is 0.771. The van der Waals surface area contributed by atoms with E-state index in [4.69, 9.17) is 11.6 Å². The number of hydrogen-bond acceptors (Lipinski definition) is 5. The normalized spacial score (nSPS) is 16.7. The Balaban J connectivity index is 2.19. The maximum atomic E-state index is 9.33. The lowest BCUT2D eigenvalue weighted by molar-refractivity contribution is 0.215. The first-order valence-corrected chi connectivity index (χ1v) is 6.00. The Kier molecular flexibility index (Phi) is 3.40. The summed E-state index contributed by atoms with van der Waals surface area (Å²) >= 11 is 6.00. The largest absolute Gasteiger partial charge is 0.396 e. The number of anilines is 2. The van der Waals surface area contributed by atoms with E-state index >= 15 is 0 Å². The van der Waals surface area contributed by atoms with E-state index < -0.39 is 0 Å². The van der Waals surface area contributed by atoms with Gasteiger partial charge in [0.2, 0.25) is 0 Å². The molecule has 5 nitrogen and oxygen atoms in total. The van der Waals surface area contributed by atoms with Crippen LogP contribution in [0.2, 0.25) is 5.15 Å². The van der Waals surface area contributed by atoms with Gasteiger partial charge in [-0.25, -0.2) is 9.97 Å². The molecule has 0 atom stereocenters. The van der Waals surface area contributed by atoms with Crippen LogP contribution in [0.5, 0.6) is 0 Å². The van der Waals surface area contributed by atoms with Gasteiger partial charge in [-0.3, -0.25) is 0 Å². The number of nitrogens with one attached hydrogen (secondary N) is 1. The van der Waals surface area contributed by atoms with Gasteiger partial charge >= 0.3 is 0 Å². The summed E-state index contributed by atoms with van der Waals surface area (Å²) in [6, 6.07) is 0. The second-order valence-corrected chi connectivity index (χ2v) is 4.99. The van der Waals surface area contributed by atoms with E-state index in [1.165, 1.54) is 6.33 Å². The van der Waals surface area contributed by atoms with Gasteiger partial charge in [0, 0.05) is 26.1 Å². The van der Waals surface area contributed by atoms with Gasteiger partial charge in [-0.15, -0.1) is 0 Å². The molecular weight excluding hydrogens is 240 g/mol. The van der Waals surface area contributed by atoms with E-state index in [9.17, 15) is 5.11 Å². The Bertz CT molecular complexity index is 408. The summed E-state index contributed by atoms with van der Waals surface area (Å²) in [4.78, 5) is 10.2. The lowest BCUT2D eigenvalue weighted by atomic mass is 10.1. The van der Waals surface area contributed by atoms with Gasteiger partial charge in [0.1, 0.15) is 12.0 Å². The molecule has 2 rings (SSSR count). The SMILES string of the molecule is CNc1c(Cl)ncnc1N(C)CC1(CO)CC1. The van der Waals surface area contributed by atoms with Gasteiger partial charge in [-0.1, -0.05) is 11.6 Å². The summed E-state index contributed by atoms with van der Waals surface area (Å²) in [6.45, 7) is 1.01. The zero-order chi connectivity index (χ0) is 12.5. The molecule has 0 spiro atoms. The van der Waals surface area contributed by atoms with E-state index in [-0.39, 0.29) is 12.0 Å². The first-order chi connectivity index (χ1) is 8.12. The number of rotatable bonds is 5. The molecule has 2 N–H and O–H groups in total. The van der Waals surface area contributed by atoms with E-state index in [1.807, 2.05) is 11.9 Å². The van der Waals surface area contributed by atoms with Crippen molar-refractivity contribution < 1.29 is 5.11 Å². The van der Waals surface area contributed by atoms with Crippen LogP contribution in [0.1, 0.15) is 12.8 Å². The molecule has 1 aliphatic rings. The number of hydrogen-bond donors (Lipinski definition) is 2. The molecule has 0 amide bonds. The third-order valence-electron chi connectivity index (χ3n) is 3.26. The first-order valence-electron chi connectivity index (χ1n) is 5.62. The van der Waals surface area contributed by atoms with Crippen LogP contribution in [-0.4, -0.2) is 42.3 Å². The first kappa shape index (κ1) is 12.4. The average Bonchev–Trinajstić information content (AvgIpc) is 3.09. The minimum Gasteiger partial charge on any atom is -0.396 e. The fourth-order valence-corrected chi connectivity index (χ4v) is 2.20. The maximum Gasteiger partial charge on any atom is 0.157 e. The van der Waals surface area contributed by atoms with Gasteiger partial charge in [0.15, 0.2) is 11.0 Å². The Labute approximate surface area is 106 Å². The van der Waals surface area contributed by atoms with Gasteiger partial charge in [-0.05, 0) is 12.8 Å². The second-order valence-electron chi connectivity index (χ2n) is 4.63. The highest BCUT2D eigenvalue weighted by Crippen LogP contribution is 2.46. The van der Waals surface area contributed by atoms with E-state index in [1.54, 1.807) is 7.05 Å². The molecular formula is C11H17ClN4O. The monoisotopic (exact) mass is 256 g/mol. The molecule has 1 fully saturated rings. The van der Waals surface area contributed by atoms with Crippen molar-refractivity contribution in [2.75, 3.05) is 37.5 Å². The quantitative estimate of drug-likeness (QED) is 0.780. The van der Waals surface area contributed by atoms with Crippen molar-refractivity contribution in [3.8, 4) is 0 Å². The molecule has 1 aliphatic carbocycles. The number of nitrogens with zero attached hydrogens (tertiary/aromatic N) is 3. The smallest absolute Gasteiger partial charge is 0.157 e. The maximum absolute atomic E-state index is 9.33. The molecule has 0 aliphatic heterocycles. The zero-order valence-corrected chi connectivity index (χ0v) is 10.8. The number of aromatic nitrogens is 2. The van der Waals surface area contributed by atoms with E-state index in [0.717, 1.165) is 30.9 Å². The van der Waals surface area contributed by atoms with Crippen LogP contribution < -0.4 is 10.2 Å². The summed E-state index contributed by atoms with van der Waals surface area (Å²) in [5, 5.41) is 12.8. The summed E-state index contributed by atoms with van der Waals surface area (Å²) in [6.07, 6.45) is 3.59. The number of aliphatic hydroxyl groups excluding tert-OH is 1. The van der Waals surface area contributed by atoms with Crippen molar-refractivity contribution in [1.29, 1.82) is 0 Å². The van der Waals surface area contributed by atoms with Gasteiger partial charge in [0.05, 0.1) is 6.61 Å². The second kappa shape index (κ2) is 4.66. The number of halogens is 1. The predicted octanol–water partition coefficient (Wildman–Crippen LogP) is 1.38. The highest BCUT2D eigenvalue weighted by atomic mass is 35.5. The zero-order valence-electron chi connectivity index (χ0n) is 10.1. The van der Waals surface area contributed by atoms with E-state index in [2.05, 4.69) is 15.3 Å². The molecule has 0 bridgehead atoms. The van der Waals surface area contributed by atoms with Crippen molar-refractivity contribution in [1.82, 2.24) is 9.97 Å². The van der Waals surface area contributed by atoms with Gasteiger partial charge in [0.25, 0.3) is 0 Å². The summed E-state index contributed by atoms with van der Waals surface area (Å²) in [7, 11) is 3.75. The minimum absolute atomic E-state index is 0.0528. The highest BCUT2D eigenvalue weighted by molar-refractivity contribution is 6.32. The van der Waals surface area contributed by atoms with Crippen molar-refractivity contribution in [2.24, 2.45) is 5.41 Å². The molecule has 94 valence electrons. The Morgan fingerprint density at radius 1 is 1.53 bits per heavy atom. The van der Waals surface area contributed by atoms with Crippen LogP contribution in [0.3, 0.4) is 0 Å². The average molecular weight is 257 g/mol. The highest BCUT2D eigenvalue weighted by Gasteiger charge is 2.43. The molecule has 0 unspecified atom stereocenters. The van der Waals surface area contributed by atoms with Crippen molar-refractivity contribution >= 4 is 23.1 Å². The van der Waals surface area contributed by atoms with E-state index in [0.29, 0.717) is 5.15 Å². The third-order valence-corrected chi connectivity index (χ3v) is 3.54. The molecule has 0 radical (unpaired) electrons. The molecule has 6 heteroatoms. The van der Waals surface area contributed by atoms with Gasteiger partial charge < -0.3 is 15.3 Å². The lowest BCUT2D eigenvalue weighted by Gasteiger charge is -2.25. The molecule has 1 saturated carbocycles. The van der Waals surface area contributed by atoms with Crippen LogP contribution in [0.15, 0.2) is 6.33 Å². The van der Waals surface area contributed by atoms with Crippen LogP contribution >= 0.6 is 11.6 Å². The van der Waals surface area contributed by atoms with Crippen molar-refractivity contribution in [3.63, 3.8) is 0 Å².